The molecule has 0 saturated carbocycles. The van der Waals surface area contributed by atoms with Crippen molar-refractivity contribution >= 4 is 27.5 Å². The van der Waals surface area contributed by atoms with Gasteiger partial charge in [-0.25, -0.2) is 9.37 Å². The van der Waals surface area contributed by atoms with Crippen molar-refractivity contribution in [2.24, 2.45) is 5.73 Å². The summed E-state index contributed by atoms with van der Waals surface area (Å²) in [7, 11) is 0. The van der Waals surface area contributed by atoms with Crippen LogP contribution in [0.5, 0.6) is 0 Å². The lowest BCUT2D eigenvalue weighted by atomic mass is 10.2. The number of amides is 1. The molecule has 2 aromatic heterocycles. The van der Waals surface area contributed by atoms with Crippen LogP contribution >= 0.6 is 11.3 Å². The molecule has 0 saturated heterocycles. The van der Waals surface area contributed by atoms with E-state index in [1.165, 1.54) is 16.7 Å². The highest BCUT2D eigenvalue weighted by molar-refractivity contribution is 7.20. The monoisotopic (exact) mass is 345 g/mol. The number of nitrogens with zero attached hydrogens (tertiary/aromatic N) is 2. The van der Waals surface area contributed by atoms with Crippen LogP contribution in [-0.4, -0.2) is 15.5 Å². The maximum Gasteiger partial charge on any atom is 0.262 e. The number of carbonyl (C=O) groups excluding carboxylic acids is 1. The molecule has 2 heterocycles. The summed E-state index contributed by atoms with van der Waals surface area (Å²) in [6.45, 7) is 3.81. The van der Waals surface area contributed by atoms with Crippen LogP contribution < -0.4 is 11.3 Å². The first-order valence-electron chi connectivity index (χ1n) is 7.49. The van der Waals surface area contributed by atoms with Crippen molar-refractivity contribution in [3.05, 3.63) is 62.3 Å². The summed E-state index contributed by atoms with van der Waals surface area (Å²) in [5.74, 6) is -0.325. The van der Waals surface area contributed by atoms with Gasteiger partial charge in [0.05, 0.1) is 16.8 Å². The molecule has 0 radical (unpaired) electrons. The minimum Gasteiger partial charge on any atom is -0.365 e. The average molecular weight is 345 g/mol. The third-order valence-electron chi connectivity index (χ3n) is 3.90. The summed E-state index contributed by atoms with van der Waals surface area (Å²) in [6, 6.07) is 6.12. The van der Waals surface area contributed by atoms with Crippen LogP contribution in [0.3, 0.4) is 0 Å². The van der Waals surface area contributed by atoms with E-state index in [2.05, 4.69) is 4.98 Å². The Morgan fingerprint density at radius 3 is 2.79 bits per heavy atom. The first-order chi connectivity index (χ1) is 11.4. The summed E-state index contributed by atoms with van der Waals surface area (Å²) in [6.07, 6.45) is 0.545. The van der Waals surface area contributed by atoms with Crippen molar-refractivity contribution in [1.29, 1.82) is 0 Å². The fourth-order valence-electron chi connectivity index (χ4n) is 2.74. The van der Waals surface area contributed by atoms with Crippen molar-refractivity contribution in [3.63, 3.8) is 0 Å². The molecule has 0 bridgehead atoms. The number of benzene rings is 1. The van der Waals surface area contributed by atoms with E-state index in [1.807, 2.05) is 6.92 Å². The third kappa shape index (κ3) is 2.71. The van der Waals surface area contributed by atoms with E-state index < -0.39 is 5.91 Å². The molecule has 2 N–H and O–H groups in total. The number of rotatable bonds is 4. The lowest BCUT2D eigenvalue weighted by molar-refractivity contribution is 0.100. The number of aryl methyl sites for hydroxylation is 2. The Kier molecular flexibility index (Phi) is 4.19. The zero-order chi connectivity index (χ0) is 17.4. The van der Waals surface area contributed by atoms with Gasteiger partial charge in [0.15, 0.2) is 0 Å². The van der Waals surface area contributed by atoms with Gasteiger partial charge in [0, 0.05) is 6.42 Å². The number of carbonyl (C=O) groups is 1. The number of nitrogens with two attached hydrogens (primary N) is 1. The van der Waals surface area contributed by atoms with Gasteiger partial charge in [-0.05, 0) is 30.2 Å². The van der Waals surface area contributed by atoms with E-state index in [0.29, 0.717) is 38.5 Å². The van der Waals surface area contributed by atoms with Gasteiger partial charge in [-0.2, -0.15) is 0 Å². The van der Waals surface area contributed by atoms with Crippen molar-refractivity contribution < 1.29 is 9.18 Å². The molecule has 1 aromatic carbocycles. The van der Waals surface area contributed by atoms with E-state index in [9.17, 15) is 14.0 Å². The third-order valence-corrected chi connectivity index (χ3v) is 5.10. The second kappa shape index (κ2) is 6.16. The highest BCUT2D eigenvalue weighted by atomic mass is 32.1. The minimum atomic E-state index is -0.565. The molecule has 3 rings (SSSR count). The Bertz CT molecular complexity index is 1010. The fourth-order valence-corrected chi connectivity index (χ4v) is 3.79. The van der Waals surface area contributed by atoms with Gasteiger partial charge in [-0.15, -0.1) is 11.3 Å². The van der Waals surface area contributed by atoms with E-state index in [1.54, 1.807) is 19.1 Å². The molecule has 1 amide bonds. The Morgan fingerprint density at radius 1 is 1.42 bits per heavy atom. The van der Waals surface area contributed by atoms with Gasteiger partial charge in [0.25, 0.3) is 11.5 Å². The standard InChI is InChI=1S/C17H16FN3O2S/c1-3-12-20-16-13(9(2)14(24-16)15(19)22)17(23)21(12)8-10-5-4-6-11(18)7-10/h4-7H,3,8H2,1-2H3,(H2,19,22). The molecule has 0 atom stereocenters. The highest BCUT2D eigenvalue weighted by Crippen LogP contribution is 2.27. The van der Waals surface area contributed by atoms with Gasteiger partial charge in [-0.1, -0.05) is 19.1 Å². The summed E-state index contributed by atoms with van der Waals surface area (Å²) in [4.78, 5) is 29.8. The van der Waals surface area contributed by atoms with Crippen molar-refractivity contribution in [2.75, 3.05) is 0 Å². The van der Waals surface area contributed by atoms with E-state index in [-0.39, 0.29) is 17.9 Å². The first-order valence-corrected chi connectivity index (χ1v) is 8.31. The first kappa shape index (κ1) is 16.3. The average Bonchev–Trinajstić information content (AvgIpc) is 2.87. The molecule has 7 heteroatoms. The molecule has 0 spiro atoms. The van der Waals surface area contributed by atoms with Crippen molar-refractivity contribution in [3.8, 4) is 0 Å². The Balaban J connectivity index is 2.23. The Labute approximate surface area is 141 Å². The van der Waals surface area contributed by atoms with Gasteiger partial charge < -0.3 is 5.73 Å². The number of aromatic nitrogens is 2. The van der Waals surface area contributed by atoms with Gasteiger partial charge >= 0.3 is 0 Å². The molecule has 24 heavy (non-hydrogen) atoms. The Morgan fingerprint density at radius 2 is 2.17 bits per heavy atom. The summed E-state index contributed by atoms with van der Waals surface area (Å²) in [5.41, 5.74) is 6.36. The number of halogens is 1. The van der Waals surface area contributed by atoms with Crippen LogP contribution in [0.4, 0.5) is 4.39 Å². The fraction of sp³-hybridized carbons (Fsp3) is 0.235. The molecule has 0 aliphatic heterocycles. The maximum absolute atomic E-state index is 13.4. The molecule has 0 fully saturated rings. The minimum absolute atomic E-state index is 0.226. The van der Waals surface area contributed by atoms with Crippen LogP contribution in [0.25, 0.3) is 10.2 Å². The smallest absolute Gasteiger partial charge is 0.262 e. The molecular weight excluding hydrogens is 329 g/mol. The molecular formula is C17H16FN3O2S. The van der Waals surface area contributed by atoms with Crippen LogP contribution in [0.1, 0.15) is 33.5 Å². The number of hydrogen-bond donors (Lipinski definition) is 1. The zero-order valence-corrected chi connectivity index (χ0v) is 14.1. The predicted molar refractivity (Wildman–Crippen MR) is 92.0 cm³/mol. The zero-order valence-electron chi connectivity index (χ0n) is 13.3. The summed E-state index contributed by atoms with van der Waals surface area (Å²) in [5, 5.41) is 0.405. The van der Waals surface area contributed by atoms with E-state index in [4.69, 9.17) is 5.73 Å². The molecule has 124 valence electrons. The molecule has 0 aliphatic rings. The quantitative estimate of drug-likeness (QED) is 0.789. The number of hydrogen-bond acceptors (Lipinski definition) is 4. The predicted octanol–water partition coefficient (Wildman–Crippen LogP) is 2.62. The largest absolute Gasteiger partial charge is 0.365 e. The second-order valence-corrected chi connectivity index (χ2v) is 6.50. The number of primary amides is 1. The normalized spacial score (nSPS) is 11.1. The highest BCUT2D eigenvalue weighted by Gasteiger charge is 2.19. The molecule has 0 unspecified atom stereocenters. The summed E-state index contributed by atoms with van der Waals surface area (Å²) >= 11 is 1.13. The number of fused-ring (bicyclic) bond motifs is 1. The topological polar surface area (TPSA) is 78.0 Å². The van der Waals surface area contributed by atoms with Crippen LogP contribution in [-0.2, 0) is 13.0 Å². The number of thiophene rings is 1. The van der Waals surface area contributed by atoms with E-state index >= 15 is 0 Å². The SMILES string of the molecule is CCc1nc2sc(C(N)=O)c(C)c2c(=O)n1Cc1cccc(F)c1. The van der Waals surface area contributed by atoms with Crippen molar-refractivity contribution in [1.82, 2.24) is 9.55 Å². The van der Waals surface area contributed by atoms with Crippen LogP contribution in [0.2, 0.25) is 0 Å². The molecule has 0 aliphatic carbocycles. The second-order valence-electron chi connectivity index (χ2n) is 5.50. The summed E-state index contributed by atoms with van der Waals surface area (Å²) < 4.78 is 14.9. The van der Waals surface area contributed by atoms with Crippen LogP contribution in [0.15, 0.2) is 29.1 Å². The van der Waals surface area contributed by atoms with Crippen LogP contribution in [0, 0.1) is 12.7 Å². The van der Waals surface area contributed by atoms with Gasteiger partial charge in [0.2, 0.25) is 0 Å². The Hall–Kier alpha value is -2.54. The van der Waals surface area contributed by atoms with E-state index in [0.717, 1.165) is 11.3 Å². The lowest BCUT2D eigenvalue weighted by Gasteiger charge is -2.11. The maximum atomic E-state index is 13.4. The van der Waals surface area contributed by atoms with Crippen molar-refractivity contribution in [2.45, 2.75) is 26.8 Å². The van der Waals surface area contributed by atoms with Gasteiger partial charge in [0.1, 0.15) is 16.5 Å². The molecule has 5 nitrogen and oxygen atoms in total. The lowest BCUT2D eigenvalue weighted by Crippen LogP contribution is -2.25. The molecule has 3 aromatic rings. The van der Waals surface area contributed by atoms with Gasteiger partial charge in [-0.3, -0.25) is 14.2 Å².